The summed E-state index contributed by atoms with van der Waals surface area (Å²) in [7, 11) is 0. The quantitative estimate of drug-likeness (QED) is 0.819. The molecule has 0 unspecified atom stereocenters. The minimum atomic E-state index is 0.632. The number of aryl methyl sites for hydroxylation is 1. The number of aromatic nitrogens is 2. The molecule has 1 N–H and O–H groups in total. The van der Waals surface area contributed by atoms with E-state index < -0.39 is 0 Å². The fourth-order valence-electron chi connectivity index (χ4n) is 2.54. The number of rotatable bonds is 3. The van der Waals surface area contributed by atoms with E-state index in [9.17, 15) is 0 Å². The van der Waals surface area contributed by atoms with Crippen molar-refractivity contribution < 1.29 is 0 Å². The number of nitrogens with one attached hydrogen (secondary N) is 1. The maximum Gasteiger partial charge on any atom is 0.0628 e. The summed E-state index contributed by atoms with van der Waals surface area (Å²) in [5, 5.41) is 8.14. The van der Waals surface area contributed by atoms with Crippen LogP contribution in [0.2, 0.25) is 0 Å². The van der Waals surface area contributed by atoms with E-state index >= 15 is 0 Å². The van der Waals surface area contributed by atoms with E-state index in [0.717, 1.165) is 13.0 Å². The molecule has 15 heavy (non-hydrogen) atoms. The Bertz CT molecular complexity index is 335. The lowest BCUT2D eigenvalue weighted by atomic mass is 10.1. The predicted octanol–water partition coefficient (Wildman–Crippen LogP) is 1.81. The zero-order chi connectivity index (χ0) is 10.8. The Balaban J connectivity index is 2.13. The fraction of sp³-hybridized carbons (Fsp3) is 0.750. The summed E-state index contributed by atoms with van der Waals surface area (Å²) in [6.07, 6.45) is 3.69. The van der Waals surface area contributed by atoms with Gasteiger partial charge in [0.05, 0.1) is 12.2 Å². The van der Waals surface area contributed by atoms with E-state index in [2.05, 4.69) is 35.9 Å². The molecule has 0 aliphatic carbocycles. The van der Waals surface area contributed by atoms with Gasteiger partial charge in [-0.15, -0.1) is 0 Å². The smallest absolute Gasteiger partial charge is 0.0628 e. The molecule has 2 heterocycles. The molecule has 1 aromatic rings. The largest absolute Gasteiger partial charge is 0.312 e. The van der Waals surface area contributed by atoms with Crippen LogP contribution >= 0.6 is 0 Å². The van der Waals surface area contributed by atoms with Gasteiger partial charge in [-0.25, -0.2) is 0 Å². The summed E-state index contributed by atoms with van der Waals surface area (Å²) in [6, 6.07) is 0.632. The molecule has 1 fully saturated rings. The molecular formula is C12H21N3. The molecule has 0 bridgehead atoms. The van der Waals surface area contributed by atoms with E-state index in [0.29, 0.717) is 6.04 Å². The minimum absolute atomic E-state index is 0.632. The monoisotopic (exact) mass is 207 g/mol. The van der Waals surface area contributed by atoms with Gasteiger partial charge in [-0.3, -0.25) is 4.68 Å². The predicted molar refractivity (Wildman–Crippen MR) is 62.1 cm³/mol. The Kier molecular flexibility index (Phi) is 3.10. The fourth-order valence-corrected chi connectivity index (χ4v) is 2.54. The third-order valence-electron chi connectivity index (χ3n) is 3.44. The zero-order valence-electron chi connectivity index (χ0n) is 10.0. The first-order valence-electron chi connectivity index (χ1n) is 5.98. The zero-order valence-corrected chi connectivity index (χ0v) is 10.0. The van der Waals surface area contributed by atoms with Crippen molar-refractivity contribution in [3.05, 3.63) is 17.0 Å². The molecule has 1 aliphatic rings. The second-order valence-electron chi connectivity index (χ2n) is 4.48. The van der Waals surface area contributed by atoms with E-state index in [4.69, 9.17) is 0 Å². The Morgan fingerprint density at radius 2 is 2.27 bits per heavy atom. The molecule has 1 aliphatic heterocycles. The van der Waals surface area contributed by atoms with Gasteiger partial charge in [-0.2, -0.15) is 5.10 Å². The molecule has 0 saturated carbocycles. The van der Waals surface area contributed by atoms with Gasteiger partial charge in [0.25, 0.3) is 0 Å². The Labute approximate surface area is 91.9 Å². The van der Waals surface area contributed by atoms with Crippen LogP contribution in [0.1, 0.15) is 36.7 Å². The highest BCUT2D eigenvalue weighted by atomic mass is 15.3. The molecule has 1 saturated heterocycles. The number of nitrogens with zero attached hydrogens (tertiary/aromatic N) is 2. The van der Waals surface area contributed by atoms with Crippen molar-refractivity contribution in [1.29, 1.82) is 0 Å². The molecule has 0 amide bonds. The summed E-state index contributed by atoms with van der Waals surface area (Å²) in [6.45, 7) is 8.71. The third-order valence-corrected chi connectivity index (χ3v) is 3.44. The van der Waals surface area contributed by atoms with Crippen LogP contribution in [0.4, 0.5) is 0 Å². The summed E-state index contributed by atoms with van der Waals surface area (Å²) in [5.41, 5.74) is 3.98. The highest BCUT2D eigenvalue weighted by Crippen LogP contribution is 2.15. The van der Waals surface area contributed by atoms with Crippen LogP contribution in [0.5, 0.6) is 0 Å². The highest BCUT2D eigenvalue weighted by Gasteiger charge is 2.17. The van der Waals surface area contributed by atoms with Crippen molar-refractivity contribution in [3.8, 4) is 0 Å². The molecule has 2 rings (SSSR count). The molecule has 0 radical (unpaired) electrons. The average Bonchev–Trinajstić information content (AvgIpc) is 2.78. The molecule has 84 valence electrons. The summed E-state index contributed by atoms with van der Waals surface area (Å²) in [4.78, 5) is 0. The van der Waals surface area contributed by atoms with Crippen molar-refractivity contribution in [2.75, 3.05) is 6.54 Å². The molecule has 0 spiro atoms. The first-order chi connectivity index (χ1) is 7.22. The topological polar surface area (TPSA) is 29.9 Å². The Morgan fingerprint density at radius 3 is 2.80 bits per heavy atom. The summed E-state index contributed by atoms with van der Waals surface area (Å²) < 4.78 is 2.18. The van der Waals surface area contributed by atoms with Crippen LogP contribution in [-0.4, -0.2) is 22.4 Å². The lowest BCUT2D eigenvalue weighted by Crippen LogP contribution is -2.27. The van der Waals surface area contributed by atoms with Crippen LogP contribution in [-0.2, 0) is 13.0 Å². The van der Waals surface area contributed by atoms with Gasteiger partial charge in [0, 0.05) is 11.7 Å². The third kappa shape index (κ3) is 2.07. The first-order valence-corrected chi connectivity index (χ1v) is 5.98. The second kappa shape index (κ2) is 4.35. The maximum atomic E-state index is 4.62. The van der Waals surface area contributed by atoms with Crippen molar-refractivity contribution in [1.82, 2.24) is 15.1 Å². The number of hydrogen-bond acceptors (Lipinski definition) is 2. The molecular weight excluding hydrogens is 186 g/mol. The normalized spacial score (nSPS) is 21.1. The Hall–Kier alpha value is -0.830. The second-order valence-corrected chi connectivity index (χ2v) is 4.48. The van der Waals surface area contributed by atoms with Crippen LogP contribution in [0, 0.1) is 13.8 Å². The van der Waals surface area contributed by atoms with Gasteiger partial charge < -0.3 is 5.32 Å². The highest BCUT2D eigenvalue weighted by molar-refractivity contribution is 5.24. The van der Waals surface area contributed by atoms with E-state index in [1.165, 1.54) is 36.3 Å². The van der Waals surface area contributed by atoms with Gasteiger partial charge >= 0.3 is 0 Å². The Morgan fingerprint density at radius 1 is 1.47 bits per heavy atom. The minimum Gasteiger partial charge on any atom is -0.312 e. The SMILES string of the molecule is CCc1c(C)nn(C[C@@H]2CCCN2)c1C. The van der Waals surface area contributed by atoms with Gasteiger partial charge in [-0.1, -0.05) is 6.92 Å². The van der Waals surface area contributed by atoms with Crippen molar-refractivity contribution in [3.63, 3.8) is 0 Å². The maximum absolute atomic E-state index is 4.62. The molecule has 0 aromatic carbocycles. The van der Waals surface area contributed by atoms with Crippen LogP contribution in [0.3, 0.4) is 0 Å². The van der Waals surface area contributed by atoms with Crippen LogP contribution < -0.4 is 5.32 Å². The average molecular weight is 207 g/mol. The van der Waals surface area contributed by atoms with Crippen molar-refractivity contribution >= 4 is 0 Å². The van der Waals surface area contributed by atoms with E-state index in [1.54, 1.807) is 0 Å². The number of hydrogen-bond donors (Lipinski definition) is 1. The van der Waals surface area contributed by atoms with Crippen molar-refractivity contribution in [2.24, 2.45) is 0 Å². The van der Waals surface area contributed by atoms with Gasteiger partial charge in [0.1, 0.15) is 0 Å². The van der Waals surface area contributed by atoms with Gasteiger partial charge in [-0.05, 0) is 45.2 Å². The van der Waals surface area contributed by atoms with E-state index in [1.807, 2.05) is 0 Å². The van der Waals surface area contributed by atoms with E-state index in [-0.39, 0.29) is 0 Å². The summed E-state index contributed by atoms with van der Waals surface area (Å²) >= 11 is 0. The van der Waals surface area contributed by atoms with Crippen LogP contribution in [0.25, 0.3) is 0 Å². The summed E-state index contributed by atoms with van der Waals surface area (Å²) in [5.74, 6) is 0. The van der Waals surface area contributed by atoms with Crippen LogP contribution in [0.15, 0.2) is 0 Å². The van der Waals surface area contributed by atoms with Gasteiger partial charge in [0.15, 0.2) is 0 Å². The molecule has 3 nitrogen and oxygen atoms in total. The standard InChI is InChI=1S/C12H21N3/c1-4-12-9(2)14-15(10(12)3)8-11-6-5-7-13-11/h11,13H,4-8H2,1-3H3/t11-/m0/s1. The lowest BCUT2D eigenvalue weighted by molar-refractivity contribution is 0.467. The lowest BCUT2D eigenvalue weighted by Gasteiger charge is -2.11. The first kappa shape index (κ1) is 10.7. The molecule has 1 atom stereocenters. The molecule has 3 heteroatoms. The van der Waals surface area contributed by atoms with Gasteiger partial charge in [0.2, 0.25) is 0 Å². The molecule has 1 aromatic heterocycles. The van der Waals surface area contributed by atoms with Crippen molar-refractivity contribution in [2.45, 2.75) is 52.6 Å².